The van der Waals surface area contributed by atoms with Gasteiger partial charge < -0.3 is 56.5 Å². The molecule has 10 N–H and O–H groups in total. The number of nitrogens with two attached hydrogens (primary N) is 1. The van der Waals surface area contributed by atoms with Crippen LogP contribution in [-0.4, -0.2) is 126 Å². The number of ether oxygens (including phenoxy) is 1. The lowest BCUT2D eigenvalue weighted by atomic mass is 9.85. The topological polar surface area (TPSA) is 333 Å². The number of carbonyl (C=O) groups is 8. The van der Waals surface area contributed by atoms with Crippen molar-refractivity contribution in [2.75, 3.05) is 18.1 Å². The van der Waals surface area contributed by atoms with Crippen molar-refractivity contribution >= 4 is 82.4 Å². The molecule has 6 aromatic rings. The third-order valence-corrected chi connectivity index (χ3v) is 17.0. The molecule has 1 fully saturated rings. The lowest BCUT2D eigenvalue weighted by Crippen LogP contribution is -2.58. The number of carbonyl (C=O) groups excluding carboxylic acids is 8. The molecule has 9 rings (SSSR count). The smallest absolute Gasteiger partial charge is 0.396 e. The van der Waals surface area contributed by atoms with Gasteiger partial charge in [-0.25, -0.2) is 4.98 Å². The van der Waals surface area contributed by atoms with Crippen molar-refractivity contribution in [2.24, 2.45) is 11.1 Å². The number of thiazole rings is 1. The van der Waals surface area contributed by atoms with Gasteiger partial charge >= 0.3 is 7.60 Å². The Bertz CT molecular complexity index is 3570. The number of benzene rings is 4. The summed E-state index contributed by atoms with van der Waals surface area (Å²) in [5.74, 6) is -3.50. The number of likely N-dealkylation sites (tertiary alicyclic amines) is 1. The van der Waals surface area contributed by atoms with Gasteiger partial charge in [-0.3, -0.25) is 47.8 Å². The molecule has 3 aliphatic heterocycles. The van der Waals surface area contributed by atoms with E-state index in [0.29, 0.717) is 34.3 Å². The van der Waals surface area contributed by atoms with E-state index >= 15 is 0 Å². The number of H-pyrrole nitrogens is 1. The molecule has 83 heavy (non-hydrogen) atoms. The van der Waals surface area contributed by atoms with E-state index in [0.717, 1.165) is 32.8 Å². The molecule has 7 atom stereocenters. The van der Waals surface area contributed by atoms with Crippen molar-refractivity contribution in [3.8, 4) is 16.2 Å². The number of fused-ring (bicyclic) bond motifs is 1. The maximum Gasteiger partial charge on any atom is 0.396 e. The number of aliphatic hydroxyl groups excluding tert-OH is 1. The van der Waals surface area contributed by atoms with Crippen molar-refractivity contribution < 1.29 is 62.6 Å². The Balaban J connectivity index is 0.828. The minimum Gasteiger partial charge on any atom is -0.491 e. The highest BCUT2D eigenvalue weighted by Gasteiger charge is 2.46. The number of aryl methyl sites for hydroxylation is 2. The van der Waals surface area contributed by atoms with Crippen LogP contribution in [0.15, 0.2) is 96.5 Å². The number of rotatable bonds is 20. The third-order valence-electron chi connectivity index (χ3n) is 15.3. The molecule has 0 radical (unpaired) electrons. The van der Waals surface area contributed by atoms with Gasteiger partial charge in [-0.05, 0) is 103 Å². The largest absolute Gasteiger partial charge is 0.491 e. The van der Waals surface area contributed by atoms with Crippen LogP contribution in [0.25, 0.3) is 21.3 Å². The van der Waals surface area contributed by atoms with E-state index in [1.165, 1.54) is 34.1 Å². The fourth-order valence-electron chi connectivity index (χ4n) is 10.9. The molecule has 24 heteroatoms. The summed E-state index contributed by atoms with van der Waals surface area (Å²) in [6.07, 6.45) is -0.444. The van der Waals surface area contributed by atoms with Crippen LogP contribution >= 0.6 is 18.9 Å². The first kappa shape index (κ1) is 59.5. The van der Waals surface area contributed by atoms with Gasteiger partial charge in [0.25, 0.3) is 11.4 Å². The fourth-order valence-corrected chi connectivity index (χ4v) is 12.2. The predicted molar refractivity (Wildman–Crippen MR) is 308 cm³/mol. The summed E-state index contributed by atoms with van der Waals surface area (Å²) in [6.45, 7) is 8.93. The zero-order valence-electron chi connectivity index (χ0n) is 46.3. The second-order valence-electron chi connectivity index (χ2n) is 22.5. The Morgan fingerprint density at radius 3 is 2.34 bits per heavy atom. The SMILES string of the molecule is Cc1ncsc1-c1ccc([C@H](C)NC(=O)[C@@H]2C[C@@H](O)CN2C(=O)[C@@H](NC(=O)Cc2cccc(OC[C@H](CCC(N)=O)NC(=O)[C@@H]3Cc4cccc5c4N3C(=O)[C@@H](NC(=O)c3cc4cc(C(=O)P(=O)(O)O)ccc4[nH]3)CC5)c2)C(C)(C)C)cc1. The average molecular weight is 1170 g/mol. The highest BCUT2D eigenvalue weighted by atomic mass is 32.1. The van der Waals surface area contributed by atoms with E-state index in [9.17, 15) is 57.8 Å². The number of hydrogen-bond donors (Lipinski definition) is 9. The summed E-state index contributed by atoms with van der Waals surface area (Å²) in [7, 11) is -5.07. The van der Waals surface area contributed by atoms with Gasteiger partial charge in [0.05, 0.1) is 46.4 Å². The minimum absolute atomic E-state index is 0.0169. The summed E-state index contributed by atoms with van der Waals surface area (Å²) < 4.78 is 17.8. The van der Waals surface area contributed by atoms with E-state index in [4.69, 9.17) is 10.5 Å². The van der Waals surface area contributed by atoms with Crippen molar-refractivity contribution in [1.29, 1.82) is 0 Å². The van der Waals surface area contributed by atoms with Crippen LogP contribution in [0.5, 0.6) is 5.75 Å². The molecular formula is C59H66N9O13PS. The zero-order valence-corrected chi connectivity index (χ0v) is 48.1. The molecule has 0 aliphatic carbocycles. The summed E-state index contributed by atoms with van der Waals surface area (Å²) in [5, 5.41) is 22.8. The van der Waals surface area contributed by atoms with Gasteiger partial charge in [0.2, 0.25) is 35.4 Å². The van der Waals surface area contributed by atoms with Gasteiger partial charge in [0.1, 0.15) is 42.2 Å². The second-order valence-corrected chi connectivity index (χ2v) is 24.8. The summed E-state index contributed by atoms with van der Waals surface area (Å²) in [5.41, 5.74) is 10.8. The van der Waals surface area contributed by atoms with Gasteiger partial charge in [0, 0.05) is 42.3 Å². The molecule has 1 saturated heterocycles. The predicted octanol–water partition coefficient (Wildman–Crippen LogP) is 4.66. The molecule has 0 unspecified atom stereocenters. The molecule has 0 spiro atoms. The second kappa shape index (κ2) is 24.4. The molecule has 4 aromatic carbocycles. The number of aromatic amines is 1. The van der Waals surface area contributed by atoms with E-state index < -0.39 is 102 Å². The lowest BCUT2D eigenvalue weighted by Gasteiger charge is -2.35. The highest BCUT2D eigenvalue weighted by molar-refractivity contribution is 7.70. The lowest BCUT2D eigenvalue weighted by molar-refractivity contribution is -0.144. The third kappa shape index (κ3) is 13.6. The van der Waals surface area contributed by atoms with Gasteiger partial charge in [-0.1, -0.05) is 75.4 Å². The number of amides is 7. The van der Waals surface area contributed by atoms with Gasteiger partial charge in [-0.15, -0.1) is 11.3 Å². The van der Waals surface area contributed by atoms with Crippen molar-refractivity contribution in [1.82, 2.24) is 36.1 Å². The Morgan fingerprint density at radius 1 is 0.916 bits per heavy atom. The van der Waals surface area contributed by atoms with Crippen LogP contribution in [0, 0.1) is 12.3 Å². The number of hydrogen-bond acceptors (Lipinski definition) is 13. The van der Waals surface area contributed by atoms with Crippen molar-refractivity contribution in [3.63, 3.8) is 0 Å². The van der Waals surface area contributed by atoms with Crippen molar-refractivity contribution in [2.45, 2.75) is 122 Å². The molecular weight excluding hydrogens is 1110 g/mol. The molecule has 436 valence electrons. The minimum atomic E-state index is -5.07. The summed E-state index contributed by atoms with van der Waals surface area (Å²) >= 11 is 1.54. The number of nitrogens with one attached hydrogen (secondary N) is 5. The Labute approximate surface area is 482 Å². The van der Waals surface area contributed by atoms with Gasteiger partial charge in [-0.2, -0.15) is 0 Å². The van der Waals surface area contributed by atoms with Crippen LogP contribution < -0.4 is 36.6 Å². The number of aliphatic hydroxyl groups is 1. The maximum absolute atomic E-state index is 14.6. The van der Waals surface area contributed by atoms with E-state index in [-0.39, 0.29) is 62.9 Å². The maximum atomic E-state index is 14.6. The zero-order chi connectivity index (χ0) is 59.7. The number of anilines is 1. The van der Waals surface area contributed by atoms with E-state index in [1.807, 2.05) is 56.3 Å². The van der Waals surface area contributed by atoms with Crippen LogP contribution in [0.1, 0.15) is 108 Å². The fraction of sp³-hybridized carbons (Fsp3) is 0.373. The van der Waals surface area contributed by atoms with Crippen LogP contribution in [-0.2, 0) is 52.6 Å². The first-order valence-corrected chi connectivity index (χ1v) is 29.7. The standard InChI is InChI=1S/C59H66N9O13PS/c1-31(34-12-14-36(15-13-34)51-32(2)61-30-83-51)62-54(73)46-27-41(69)28-67(46)57(76)52(59(3,4)5)66-49(71)23-33-8-6-11-42(22-33)81-29-40(18-21-48(60)70)63-55(74)47-26-37-10-7-9-35-16-20-44(56(75)68(47)50(35)37)65-53(72)45-25-39-24-38(17-19-43(39)64-45)58(77)82(78,79)80/h6-15,17,19,22,24-25,30-31,40-41,44,46-47,52,64,69H,16,18,20-21,23,26-29H2,1-5H3,(H2,60,70)(H,62,73)(H,63,74)(H,65,72)(H,66,71)(H2,78,79,80)/t31-,40-,41+,44-,46-,47-,52+/m0/s1. The molecule has 7 amide bonds. The summed E-state index contributed by atoms with van der Waals surface area (Å²) in [4.78, 5) is 139. The Kier molecular flexibility index (Phi) is 17.5. The van der Waals surface area contributed by atoms with Gasteiger partial charge in [0.15, 0.2) is 0 Å². The number of para-hydroxylation sites is 1. The highest BCUT2D eigenvalue weighted by Crippen LogP contribution is 2.41. The monoisotopic (exact) mass is 1170 g/mol. The normalized spacial score (nSPS) is 18.8. The molecule has 0 bridgehead atoms. The van der Waals surface area contributed by atoms with Crippen LogP contribution in [0.3, 0.4) is 0 Å². The van der Waals surface area contributed by atoms with E-state index in [2.05, 4.69) is 31.2 Å². The molecule has 5 heterocycles. The van der Waals surface area contributed by atoms with Crippen molar-refractivity contribution in [3.05, 3.63) is 136 Å². The molecule has 2 aromatic heterocycles. The quantitative estimate of drug-likeness (QED) is 0.0470. The first-order valence-electron chi connectivity index (χ1n) is 27.2. The first-order chi connectivity index (χ1) is 39.3. The van der Waals surface area contributed by atoms with Crippen LogP contribution in [0.4, 0.5) is 5.69 Å². The number of β-amino-alcohol motifs (C(OH)–C–C–N with tert-alkyl or cyclic N) is 1. The van der Waals surface area contributed by atoms with Crippen LogP contribution in [0.2, 0.25) is 0 Å². The Hall–Kier alpha value is -8.08. The summed E-state index contributed by atoms with van der Waals surface area (Å²) in [6, 6.07) is 19.8. The number of nitrogens with zero attached hydrogens (tertiary/aromatic N) is 3. The average Bonchev–Trinajstić information content (AvgIpc) is 2.69. The Morgan fingerprint density at radius 2 is 1.64 bits per heavy atom. The number of primary amides is 1. The molecule has 3 aliphatic rings. The molecule has 22 nitrogen and oxygen atoms in total. The number of aromatic nitrogens is 2. The molecule has 0 saturated carbocycles. The van der Waals surface area contributed by atoms with E-state index in [1.54, 1.807) is 61.9 Å².